The minimum Gasteiger partial charge on any atom is -0.362 e. The maximum Gasteiger partial charge on any atom is 0.0967 e. The van der Waals surface area contributed by atoms with Crippen LogP contribution in [-0.4, -0.2) is 46.1 Å². The van der Waals surface area contributed by atoms with E-state index in [-0.39, 0.29) is 0 Å². The average Bonchev–Trinajstić information content (AvgIpc) is 3.68. The van der Waals surface area contributed by atoms with Crippen molar-refractivity contribution in [2.24, 2.45) is 0 Å². The number of hydrogen-bond acceptors (Lipinski definition) is 8. The number of benzene rings is 3. The van der Waals surface area contributed by atoms with Crippen molar-refractivity contribution in [1.29, 1.82) is 0 Å². The van der Waals surface area contributed by atoms with Gasteiger partial charge in [0.25, 0.3) is 0 Å². The van der Waals surface area contributed by atoms with Crippen LogP contribution in [-0.2, 0) is 0 Å². The number of nitrogens with zero attached hydrogens (tertiary/aromatic N) is 6. The Morgan fingerprint density at radius 3 is 1.33 bits per heavy atom. The molecule has 9 aromatic rings. The van der Waals surface area contributed by atoms with E-state index in [0.29, 0.717) is 11.8 Å². The molecule has 11 rings (SSSR count). The van der Waals surface area contributed by atoms with Crippen LogP contribution in [0, 0.1) is 0 Å². The molecule has 48 heavy (non-hydrogen) atoms. The van der Waals surface area contributed by atoms with Gasteiger partial charge in [-0.05, 0) is 82.6 Å². The summed E-state index contributed by atoms with van der Waals surface area (Å²) in [5.41, 5.74) is 6.78. The molecule has 2 saturated heterocycles. The van der Waals surface area contributed by atoms with E-state index in [4.69, 9.17) is 9.97 Å². The molecule has 0 aliphatic carbocycles. The van der Waals surface area contributed by atoms with Crippen LogP contribution in [0.4, 0.5) is 10.0 Å². The molecular formula is C40H28N6S2. The molecule has 8 heteroatoms. The molecule has 0 radical (unpaired) electrons. The Morgan fingerprint density at radius 2 is 0.875 bits per heavy atom. The third kappa shape index (κ3) is 4.02. The highest BCUT2D eigenvalue weighted by molar-refractivity contribution is 7.24. The van der Waals surface area contributed by atoms with Crippen molar-refractivity contribution in [3.05, 3.63) is 121 Å². The monoisotopic (exact) mass is 656 g/mol. The third-order valence-electron chi connectivity index (χ3n) is 10.4. The number of thiophene rings is 2. The molecule has 0 N–H and O–H groups in total. The molecule has 0 atom stereocenters. The molecule has 2 aliphatic rings. The third-order valence-corrected chi connectivity index (χ3v) is 12.7. The summed E-state index contributed by atoms with van der Waals surface area (Å²) < 4.78 is 2.73. The lowest BCUT2D eigenvalue weighted by Crippen LogP contribution is -2.44. The first-order valence-corrected chi connectivity index (χ1v) is 18.1. The number of hydrogen-bond donors (Lipinski definition) is 0. The van der Waals surface area contributed by atoms with Crippen LogP contribution in [0.1, 0.15) is 23.0 Å². The number of anilines is 2. The van der Waals surface area contributed by atoms with E-state index in [1.54, 1.807) is 0 Å². The topological polar surface area (TPSA) is 58.0 Å². The molecule has 0 spiro atoms. The minimum absolute atomic E-state index is 0.485. The molecule has 3 aromatic carbocycles. The van der Waals surface area contributed by atoms with Gasteiger partial charge in [-0.15, -0.1) is 22.7 Å². The predicted octanol–water partition coefficient (Wildman–Crippen LogP) is 9.52. The van der Waals surface area contributed by atoms with Crippen LogP contribution < -0.4 is 9.80 Å². The van der Waals surface area contributed by atoms with Crippen LogP contribution in [0.2, 0.25) is 0 Å². The Bertz CT molecular complexity index is 2500. The van der Waals surface area contributed by atoms with Crippen LogP contribution >= 0.6 is 22.7 Å². The quantitative estimate of drug-likeness (QED) is 0.176. The van der Waals surface area contributed by atoms with Crippen molar-refractivity contribution < 1.29 is 0 Å². The molecule has 8 heterocycles. The Kier molecular flexibility index (Phi) is 5.68. The first-order chi connectivity index (χ1) is 23.7. The summed E-state index contributed by atoms with van der Waals surface area (Å²) in [6, 6.07) is 31.1. The number of rotatable bonds is 4. The van der Waals surface area contributed by atoms with Crippen LogP contribution in [0.3, 0.4) is 0 Å². The molecule has 2 fully saturated rings. The predicted molar refractivity (Wildman–Crippen MR) is 201 cm³/mol. The van der Waals surface area contributed by atoms with E-state index in [1.165, 1.54) is 62.8 Å². The van der Waals surface area contributed by atoms with Gasteiger partial charge >= 0.3 is 0 Å². The van der Waals surface area contributed by atoms with Gasteiger partial charge in [-0.1, -0.05) is 24.3 Å². The Balaban J connectivity index is 0.838. The van der Waals surface area contributed by atoms with E-state index in [1.807, 2.05) is 71.7 Å². The Labute approximate surface area is 283 Å². The van der Waals surface area contributed by atoms with Crippen molar-refractivity contribution in [2.75, 3.05) is 36.0 Å². The molecular weight excluding hydrogens is 629 g/mol. The standard InChI is InChI=1S/C40H28N6S2/c1-5-23-13-31(29-7-3-11-43-39(29)37(23)41-9-1)27-19-45(20-27)35-17-25-15-34-26(16-33(25)47-35)18-36(48-34)46-21-28(22-46)32-14-24-6-2-10-42-38(24)40-30(32)8-4-12-44-40/h1-18,27-28H,19-22H2. The summed E-state index contributed by atoms with van der Waals surface area (Å²) in [4.78, 5) is 23.8. The highest BCUT2D eigenvalue weighted by Crippen LogP contribution is 2.45. The fourth-order valence-corrected chi connectivity index (χ4v) is 10.1. The van der Waals surface area contributed by atoms with Gasteiger partial charge in [-0.3, -0.25) is 19.9 Å². The fourth-order valence-electron chi connectivity index (χ4n) is 7.85. The number of fused-ring (bicyclic) bond motifs is 8. The summed E-state index contributed by atoms with van der Waals surface area (Å²) >= 11 is 3.84. The van der Waals surface area contributed by atoms with Crippen molar-refractivity contribution >= 4 is 96.5 Å². The van der Waals surface area contributed by atoms with Crippen molar-refractivity contribution in [1.82, 2.24) is 19.9 Å². The second-order valence-electron chi connectivity index (χ2n) is 13.2. The van der Waals surface area contributed by atoms with Gasteiger partial charge in [0.05, 0.1) is 32.1 Å². The summed E-state index contributed by atoms with van der Waals surface area (Å²) in [7, 11) is 0. The SMILES string of the molecule is c1cnc2c(c1)cc(C1CN(c3cc4cc5sc(N6CC(c7cc8cccnc8c8ncccc78)C6)cc5cc4s3)C1)c1cccnc12. The average molecular weight is 657 g/mol. The largest absolute Gasteiger partial charge is 0.362 e. The first-order valence-electron chi connectivity index (χ1n) is 16.5. The summed E-state index contributed by atoms with van der Waals surface area (Å²) in [6.07, 6.45) is 7.48. The molecule has 0 saturated carbocycles. The lowest BCUT2D eigenvalue weighted by molar-refractivity contribution is 0.532. The Morgan fingerprint density at radius 1 is 0.458 bits per heavy atom. The molecule has 6 nitrogen and oxygen atoms in total. The molecule has 2 aliphatic heterocycles. The second-order valence-corrected chi connectivity index (χ2v) is 15.3. The Hall–Kier alpha value is -5.18. The first kappa shape index (κ1) is 26.8. The molecule has 0 bridgehead atoms. The summed E-state index contributed by atoms with van der Waals surface area (Å²) in [5, 5.41) is 10.2. The van der Waals surface area contributed by atoms with E-state index in [0.717, 1.165) is 48.2 Å². The van der Waals surface area contributed by atoms with Gasteiger partial charge in [0.1, 0.15) is 0 Å². The van der Waals surface area contributed by atoms with Crippen LogP contribution in [0.5, 0.6) is 0 Å². The van der Waals surface area contributed by atoms with E-state index < -0.39 is 0 Å². The normalized spacial score (nSPS) is 15.8. The smallest absolute Gasteiger partial charge is 0.0967 e. The molecule has 6 aromatic heterocycles. The summed E-state index contributed by atoms with van der Waals surface area (Å²) in [6.45, 7) is 4.10. The highest BCUT2D eigenvalue weighted by atomic mass is 32.1. The van der Waals surface area contributed by atoms with E-state index in [9.17, 15) is 0 Å². The van der Waals surface area contributed by atoms with Crippen LogP contribution in [0.15, 0.2) is 110 Å². The zero-order chi connectivity index (χ0) is 31.3. The van der Waals surface area contributed by atoms with Gasteiger partial charge in [0.2, 0.25) is 0 Å². The number of pyridine rings is 4. The van der Waals surface area contributed by atoms with Gasteiger partial charge in [-0.25, -0.2) is 0 Å². The second kappa shape index (κ2) is 10.2. The maximum atomic E-state index is 4.72. The molecule has 0 amide bonds. The van der Waals surface area contributed by atoms with Gasteiger partial charge in [0.15, 0.2) is 0 Å². The maximum absolute atomic E-state index is 4.72. The van der Waals surface area contributed by atoms with Crippen molar-refractivity contribution in [3.63, 3.8) is 0 Å². The van der Waals surface area contributed by atoms with Crippen molar-refractivity contribution in [3.8, 4) is 0 Å². The lowest BCUT2D eigenvalue weighted by Gasteiger charge is -2.41. The highest BCUT2D eigenvalue weighted by Gasteiger charge is 2.33. The fraction of sp³-hybridized carbons (Fsp3) is 0.150. The van der Waals surface area contributed by atoms with Gasteiger partial charge in [-0.2, -0.15) is 0 Å². The van der Waals surface area contributed by atoms with E-state index in [2.05, 4.69) is 80.4 Å². The molecule has 230 valence electrons. The minimum atomic E-state index is 0.485. The van der Waals surface area contributed by atoms with Crippen LogP contribution in [0.25, 0.3) is 63.8 Å². The number of aromatic nitrogens is 4. The zero-order valence-electron chi connectivity index (χ0n) is 25.9. The molecule has 0 unspecified atom stereocenters. The van der Waals surface area contributed by atoms with E-state index >= 15 is 0 Å². The lowest BCUT2D eigenvalue weighted by atomic mass is 9.87. The van der Waals surface area contributed by atoms with Gasteiger partial charge < -0.3 is 9.80 Å². The van der Waals surface area contributed by atoms with Crippen molar-refractivity contribution in [2.45, 2.75) is 11.8 Å². The summed E-state index contributed by atoms with van der Waals surface area (Å²) in [5.74, 6) is 0.969. The zero-order valence-corrected chi connectivity index (χ0v) is 27.5. The van der Waals surface area contributed by atoms with Gasteiger partial charge in [0, 0.05) is 93.7 Å².